The molecule has 0 radical (unpaired) electrons. The molecule has 9 heteroatoms. The van der Waals surface area contributed by atoms with Gasteiger partial charge in [-0.25, -0.2) is 18.4 Å². The monoisotopic (exact) mass is 373 g/mol. The summed E-state index contributed by atoms with van der Waals surface area (Å²) in [6.45, 7) is 3.55. The molecule has 1 aromatic carbocycles. The van der Waals surface area contributed by atoms with Crippen LogP contribution in [0.1, 0.15) is 12.8 Å². The standard InChI is InChI=1S/C18H17F2N5O2/c19-12-7-13-16(15(20)17(12)26)25(23-22-13)11-1-2-14(21-8-11)24-9-18(10-24)3-5-27-6-4-18/h1-2,7-8,26H,3-6,9-10H2. The lowest BCUT2D eigenvalue weighted by molar-refractivity contribution is -0.000452. The predicted octanol–water partition coefficient (Wildman–Crippen LogP) is 2.42. The smallest absolute Gasteiger partial charge is 0.195 e. The summed E-state index contributed by atoms with van der Waals surface area (Å²) in [5.41, 5.74) is 0.753. The van der Waals surface area contributed by atoms with Crippen molar-refractivity contribution >= 4 is 16.9 Å². The first-order valence-electron chi connectivity index (χ1n) is 8.78. The Labute approximate surface area is 153 Å². The molecule has 2 aliphatic heterocycles. The van der Waals surface area contributed by atoms with E-state index in [9.17, 15) is 13.9 Å². The molecular formula is C18H17F2N5O2. The Morgan fingerprint density at radius 3 is 2.63 bits per heavy atom. The van der Waals surface area contributed by atoms with Gasteiger partial charge in [-0.1, -0.05) is 5.21 Å². The second kappa shape index (κ2) is 5.85. The average Bonchev–Trinajstić information content (AvgIpc) is 3.09. The Kier molecular flexibility index (Phi) is 3.55. The van der Waals surface area contributed by atoms with Crippen LogP contribution < -0.4 is 4.90 Å². The number of halogens is 2. The van der Waals surface area contributed by atoms with Gasteiger partial charge in [0.2, 0.25) is 0 Å². The zero-order valence-corrected chi connectivity index (χ0v) is 14.4. The Hall–Kier alpha value is -2.81. The molecular weight excluding hydrogens is 356 g/mol. The topological polar surface area (TPSA) is 76.3 Å². The van der Waals surface area contributed by atoms with Crippen molar-refractivity contribution in [3.8, 4) is 11.4 Å². The first-order valence-corrected chi connectivity index (χ1v) is 8.78. The van der Waals surface area contributed by atoms with Gasteiger partial charge in [-0.15, -0.1) is 5.10 Å². The number of hydrogen-bond acceptors (Lipinski definition) is 6. The molecule has 2 fully saturated rings. The first-order chi connectivity index (χ1) is 13.1. The number of fused-ring (bicyclic) bond motifs is 1. The van der Waals surface area contributed by atoms with Gasteiger partial charge >= 0.3 is 0 Å². The SMILES string of the molecule is Oc1c(F)cc2nnn(-c3ccc(N4CC5(CCOCC5)C4)nc3)c2c1F. The van der Waals surface area contributed by atoms with E-state index in [2.05, 4.69) is 20.2 Å². The Morgan fingerprint density at radius 2 is 1.93 bits per heavy atom. The molecule has 1 N–H and O–H groups in total. The number of phenolic OH excluding ortho intramolecular Hbond substituents is 1. The van der Waals surface area contributed by atoms with E-state index in [0.29, 0.717) is 11.1 Å². The van der Waals surface area contributed by atoms with Crippen LogP contribution >= 0.6 is 0 Å². The third-order valence-corrected chi connectivity index (χ3v) is 5.51. The van der Waals surface area contributed by atoms with Gasteiger partial charge in [0.05, 0.1) is 11.9 Å². The third-order valence-electron chi connectivity index (χ3n) is 5.51. The lowest BCUT2D eigenvalue weighted by Crippen LogP contribution is -2.58. The molecule has 7 nitrogen and oxygen atoms in total. The van der Waals surface area contributed by atoms with Crippen LogP contribution in [0.5, 0.6) is 5.75 Å². The molecule has 0 unspecified atom stereocenters. The van der Waals surface area contributed by atoms with Gasteiger partial charge in [-0.3, -0.25) is 0 Å². The molecule has 1 spiro atoms. The lowest BCUT2D eigenvalue weighted by Gasteiger charge is -2.52. The Bertz CT molecular complexity index is 1010. The minimum atomic E-state index is -1.09. The van der Waals surface area contributed by atoms with Crippen molar-refractivity contribution in [1.29, 1.82) is 0 Å². The number of benzene rings is 1. The minimum Gasteiger partial charge on any atom is -0.503 e. The number of rotatable bonds is 2. The maximum Gasteiger partial charge on any atom is 0.195 e. The summed E-state index contributed by atoms with van der Waals surface area (Å²) >= 11 is 0. The van der Waals surface area contributed by atoms with Gasteiger partial charge in [0, 0.05) is 37.8 Å². The van der Waals surface area contributed by atoms with Gasteiger partial charge in [0.25, 0.3) is 0 Å². The van der Waals surface area contributed by atoms with E-state index in [-0.39, 0.29) is 11.0 Å². The molecule has 0 amide bonds. The number of anilines is 1. The van der Waals surface area contributed by atoms with Gasteiger partial charge < -0.3 is 14.7 Å². The highest BCUT2D eigenvalue weighted by atomic mass is 19.1. The highest BCUT2D eigenvalue weighted by Gasteiger charge is 2.44. The molecule has 3 aromatic rings. The van der Waals surface area contributed by atoms with Gasteiger partial charge in [0.15, 0.2) is 17.4 Å². The molecule has 2 aromatic heterocycles. The van der Waals surface area contributed by atoms with Crippen LogP contribution in [0.2, 0.25) is 0 Å². The van der Waals surface area contributed by atoms with Crippen LogP contribution in [0.25, 0.3) is 16.7 Å². The molecule has 0 atom stereocenters. The van der Waals surface area contributed by atoms with Crippen LogP contribution in [0.15, 0.2) is 24.4 Å². The second-order valence-corrected chi connectivity index (χ2v) is 7.23. The fraction of sp³-hybridized carbons (Fsp3) is 0.389. The van der Waals surface area contributed by atoms with E-state index in [4.69, 9.17) is 4.74 Å². The quantitative estimate of drug-likeness (QED) is 0.744. The van der Waals surface area contributed by atoms with Crippen molar-refractivity contribution in [3.05, 3.63) is 36.0 Å². The first kappa shape index (κ1) is 16.4. The Morgan fingerprint density at radius 1 is 1.15 bits per heavy atom. The summed E-state index contributed by atoms with van der Waals surface area (Å²) in [6.07, 6.45) is 3.72. The molecule has 5 rings (SSSR count). The summed E-state index contributed by atoms with van der Waals surface area (Å²) < 4.78 is 34.4. The number of ether oxygens (including phenoxy) is 1. The van der Waals surface area contributed by atoms with Gasteiger partial charge in [0.1, 0.15) is 16.9 Å². The minimum absolute atomic E-state index is 0.0241. The summed E-state index contributed by atoms with van der Waals surface area (Å²) in [7, 11) is 0. The van der Waals surface area contributed by atoms with Crippen LogP contribution in [-0.4, -0.2) is 51.4 Å². The van der Waals surface area contributed by atoms with Crippen molar-refractivity contribution in [2.24, 2.45) is 5.41 Å². The zero-order chi connectivity index (χ0) is 18.6. The molecule has 2 saturated heterocycles. The molecule has 0 bridgehead atoms. The third kappa shape index (κ3) is 2.53. The van der Waals surface area contributed by atoms with E-state index >= 15 is 0 Å². The summed E-state index contributed by atoms with van der Waals surface area (Å²) in [6, 6.07) is 4.55. The van der Waals surface area contributed by atoms with Crippen molar-refractivity contribution < 1.29 is 18.6 Å². The zero-order valence-electron chi connectivity index (χ0n) is 14.4. The summed E-state index contributed by atoms with van der Waals surface area (Å²) in [5.74, 6) is -2.36. The predicted molar refractivity (Wildman–Crippen MR) is 92.9 cm³/mol. The summed E-state index contributed by atoms with van der Waals surface area (Å²) in [4.78, 5) is 6.66. The number of hydrogen-bond donors (Lipinski definition) is 1. The number of nitrogens with zero attached hydrogens (tertiary/aromatic N) is 5. The summed E-state index contributed by atoms with van der Waals surface area (Å²) in [5, 5.41) is 17.2. The number of aromatic nitrogens is 4. The largest absolute Gasteiger partial charge is 0.503 e. The maximum atomic E-state index is 14.3. The molecule has 2 aliphatic rings. The van der Waals surface area contributed by atoms with E-state index in [1.165, 1.54) is 4.68 Å². The van der Waals surface area contributed by atoms with Crippen molar-refractivity contribution in [2.75, 3.05) is 31.2 Å². The van der Waals surface area contributed by atoms with Crippen molar-refractivity contribution in [3.63, 3.8) is 0 Å². The molecule has 0 aliphatic carbocycles. The van der Waals surface area contributed by atoms with Gasteiger partial charge in [-0.05, 0) is 25.0 Å². The van der Waals surface area contributed by atoms with Crippen molar-refractivity contribution in [2.45, 2.75) is 12.8 Å². The number of phenols is 1. The second-order valence-electron chi connectivity index (χ2n) is 7.23. The van der Waals surface area contributed by atoms with E-state index < -0.39 is 17.4 Å². The molecule has 27 heavy (non-hydrogen) atoms. The lowest BCUT2D eigenvalue weighted by atomic mass is 9.73. The van der Waals surface area contributed by atoms with Crippen LogP contribution in [-0.2, 0) is 4.74 Å². The normalized spacial score (nSPS) is 18.8. The van der Waals surface area contributed by atoms with E-state index in [1.54, 1.807) is 12.3 Å². The van der Waals surface area contributed by atoms with E-state index in [0.717, 1.165) is 51.0 Å². The van der Waals surface area contributed by atoms with Crippen LogP contribution in [0.4, 0.5) is 14.6 Å². The maximum absolute atomic E-state index is 14.3. The van der Waals surface area contributed by atoms with Crippen LogP contribution in [0, 0.1) is 17.0 Å². The highest BCUT2D eigenvalue weighted by Crippen LogP contribution is 2.41. The van der Waals surface area contributed by atoms with E-state index in [1.807, 2.05) is 6.07 Å². The average molecular weight is 373 g/mol. The molecule has 0 saturated carbocycles. The highest BCUT2D eigenvalue weighted by molar-refractivity contribution is 5.79. The number of pyridine rings is 1. The fourth-order valence-electron chi connectivity index (χ4n) is 3.92. The fourth-order valence-corrected chi connectivity index (χ4v) is 3.92. The molecule has 140 valence electrons. The van der Waals surface area contributed by atoms with Crippen molar-refractivity contribution in [1.82, 2.24) is 20.0 Å². The van der Waals surface area contributed by atoms with Gasteiger partial charge in [-0.2, -0.15) is 0 Å². The molecule has 4 heterocycles. The Balaban J connectivity index is 1.41. The number of aromatic hydroxyl groups is 1. The van der Waals surface area contributed by atoms with Crippen LogP contribution in [0.3, 0.4) is 0 Å².